The van der Waals surface area contributed by atoms with Gasteiger partial charge in [0.25, 0.3) is 0 Å². The van der Waals surface area contributed by atoms with Gasteiger partial charge in [-0.15, -0.1) is 0 Å². The zero-order valence-electron chi connectivity index (χ0n) is 12.5. The van der Waals surface area contributed by atoms with Crippen molar-refractivity contribution in [2.45, 2.75) is 31.7 Å². The van der Waals surface area contributed by atoms with E-state index >= 15 is 0 Å². The SMILES string of the molecule is COc1ccc2c(c1)CC(NCCc1ccccn1)CC2. The predicted molar refractivity (Wildman–Crippen MR) is 84.8 cm³/mol. The Bertz CT molecular complexity index is 583. The third kappa shape index (κ3) is 3.61. The highest BCUT2D eigenvalue weighted by molar-refractivity contribution is 5.37. The summed E-state index contributed by atoms with van der Waals surface area (Å²) in [4.78, 5) is 4.36. The molecule has 0 saturated carbocycles. The first-order valence-corrected chi connectivity index (χ1v) is 7.64. The molecule has 1 aliphatic rings. The van der Waals surface area contributed by atoms with Gasteiger partial charge in [0, 0.05) is 30.9 Å². The summed E-state index contributed by atoms with van der Waals surface area (Å²) < 4.78 is 5.33. The van der Waals surface area contributed by atoms with Gasteiger partial charge in [0.2, 0.25) is 0 Å². The van der Waals surface area contributed by atoms with E-state index in [0.29, 0.717) is 6.04 Å². The molecule has 21 heavy (non-hydrogen) atoms. The van der Waals surface area contributed by atoms with Crippen LogP contribution in [0, 0.1) is 0 Å². The molecule has 1 unspecified atom stereocenters. The molecule has 0 bridgehead atoms. The lowest BCUT2D eigenvalue weighted by Crippen LogP contribution is -2.35. The molecule has 3 nitrogen and oxygen atoms in total. The summed E-state index contributed by atoms with van der Waals surface area (Å²) in [6.45, 7) is 0.987. The van der Waals surface area contributed by atoms with Gasteiger partial charge in [-0.3, -0.25) is 4.98 Å². The second-order valence-corrected chi connectivity index (χ2v) is 5.60. The normalized spacial score (nSPS) is 17.3. The molecule has 0 saturated heterocycles. The largest absolute Gasteiger partial charge is 0.497 e. The Morgan fingerprint density at radius 2 is 2.19 bits per heavy atom. The number of fused-ring (bicyclic) bond motifs is 1. The van der Waals surface area contributed by atoms with Crippen molar-refractivity contribution >= 4 is 0 Å². The molecule has 0 amide bonds. The van der Waals surface area contributed by atoms with Crippen LogP contribution >= 0.6 is 0 Å². The van der Waals surface area contributed by atoms with Crippen molar-refractivity contribution in [1.29, 1.82) is 0 Å². The van der Waals surface area contributed by atoms with E-state index in [2.05, 4.69) is 34.6 Å². The first kappa shape index (κ1) is 14.1. The monoisotopic (exact) mass is 282 g/mol. The molecule has 3 rings (SSSR count). The van der Waals surface area contributed by atoms with Crippen molar-refractivity contribution in [3.63, 3.8) is 0 Å². The predicted octanol–water partition coefficient (Wildman–Crippen LogP) is 2.78. The summed E-state index contributed by atoms with van der Waals surface area (Å²) in [5, 5.41) is 3.67. The Kier molecular flexibility index (Phi) is 4.51. The average molecular weight is 282 g/mol. The van der Waals surface area contributed by atoms with E-state index in [1.54, 1.807) is 7.11 Å². The van der Waals surface area contributed by atoms with Crippen molar-refractivity contribution in [2.24, 2.45) is 0 Å². The van der Waals surface area contributed by atoms with Crippen LogP contribution in [0.5, 0.6) is 5.75 Å². The summed E-state index contributed by atoms with van der Waals surface area (Å²) in [5.74, 6) is 0.961. The molecule has 0 spiro atoms. The van der Waals surface area contributed by atoms with E-state index in [1.165, 1.54) is 17.5 Å². The van der Waals surface area contributed by atoms with Crippen LogP contribution in [-0.2, 0) is 19.3 Å². The molecule has 1 aliphatic carbocycles. The van der Waals surface area contributed by atoms with Gasteiger partial charge in [-0.1, -0.05) is 12.1 Å². The molecule has 110 valence electrons. The van der Waals surface area contributed by atoms with E-state index in [4.69, 9.17) is 4.74 Å². The zero-order chi connectivity index (χ0) is 14.5. The van der Waals surface area contributed by atoms with Crippen LogP contribution in [0.4, 0.5) is 0 Å². The molecule has 1 heterocycles. The van der Waals surface area contributed by atoms with Gasteiger partial charge in [0.1, 0.15) is 5.75 Å². The smallest absolute Gasteiger partial charge is 0.119 e. The van der Waals surface area contributed by atoms with E-state index in [1.807, 2.05) is 18.3 Å². The van der Waals surface area contributed by atoms with Crippen LogP contribution < -0.4 is 10.1 Å². The number of ether oxygens (including phenoxy) is 1. The van der Waals surface area contributed by atoms with Crippen LogP contribution in [0.25, 0.3) is 0 Å². The van der Waals surface area contributed by atoms with Crippen molar-refractivity contribution in [2.75, 3.05) is 13.7 Å². The van der Waals surface area contributed by atoms with Crippen molar-refractivity contribution < 1.29 is 4.74 Å². The number of nitrogens with zero attached hydrogens (tertiary/aromatic N) is 1. The summed E-state index contributed by atoms with van der Waals surface area (Å²) in [7, 11) is 1.73. The maximum absolute atomic E-state index is 5.33. The molecule has 1 N–H and O–H groups in total. The van der Waals surface area contributed by atoms with E-state index < -0.39 is 0 Å². The first-order valence-electron chi connectivity index (χ1n) is 7.64. The number of benzene rings is 1. The standard InChI is InChI=1S/C18H22N2O/c1-21-18-8-6-14-5-7-17(12-15(14)13-18)20-11-9-16-4-2-3-10-19-16/h2-4,6,8,10,13,17,20H,5,7,9,11-12H2,1H3. The third-order valence-electron chi connectivity index (χ3n) is 4.18. The Balaban J connectivity index is 1.54. The molecule has 1 atom stereocenters. The van der Waals surface area contributed by atoms with Gasteiger partial charge in [-0.2, -0.15) is 0 Å². The zero-order valence-corrected chi connectivity index (χ0v) is 12.5. The highest BCUT2D eigenvalue weighted by Gasteiger charge is 2.18. The van der Waals surface area contributed by atoms with Crippen LogP contribution in [-0.4, -0.2) is 24.7 Å². The maximum Gasteiger partial charge on any atom is 0.119 e. The van der Waals surface area contributed by atoms with Crippen molar-refractivity contribution in [3.05, 3.63) is 59.4 Å². The maximum atomic E-state index is 5.33. The number of hydrogen-bond donors (Lipinski definition) is 1. The minimum absolute atomic E-state index is 0.563. The third-order valence-corrected chi connectivity index (χ3v) is 4.18. The number of pyridine rings is 1. The molecule has 3 heteroatoms. The van der Waals surface area contributed by atoms with Gasteiger partial charge < -0.3 is 10.1 Å². The fraction of sp³-hybridized carbons (Fsp3) is 0.389. The van der Waals surface area contributed by atoms with E-state index in [9.17, 15) is 0 Å². The topological polar surface area (TPSA) is 34.1 Å². The van der Waals surface area contributed by atoms with Crippen molar-refractivity contribution in [1.82, 2.24) is 10.3 Å². The summed E-state index contributed by atoms with van der Waals surface area (Å²) in [6, 6.07) is 13.1. The lowest BCUT2D eigenvalue weighted by atomic mass is 9.88. The number of nitrogens with one attached hydrogen (secondary N) is 1. The highest BCUT2D eigenvalue weighted by Crippen LogP contribution is 2.25. The molecular formula is C18H22N2O. The van der Waals surface area contributed by atoms with Gasteiger partial charge in [0.05, 0.1) is 7.11 Å². The molecule has 2 aromatic rings. The number of rotatable bonds is 5. The van der Waals surface area contributed by atoms with Crippen LogP contribution in [0.1, 0.15) is 23.2 Å². The van der Waals surface area contributed by atoms with E-state index in [0.717, 1.165) is 37.3 Å². The fourth-order valence-corrected chi connectivity index (χ4v) is 2.99. The summed E-state index contributed by atoms with van der Waals surface area (Å²) >= 11 is 0. The minimum atomic E-state index is 0.563. The minimum Gasteiger partial charge on any atom is -0.497 e. The number of aryl methyl sites for hydroxylation is 1. The molecule has 0 fully saturated rings. The van der Waals surface area contributed by atoms with Crippen LogP contribution in [0.15, 0.2) is 42.6 Å². The Hall–Kier alpha value is -1.87. The number of aromatic nitrogens is 1. The van der Waals surface area contributed by atoms with Crippen molar-refractivity contribution in [3.8, 4) is 5.75 Å². The van der Waals surface area contributed by atoms with Crippen LogP contribution in [0.2, 0.25) is 0 Å². The fourth-order valence-electron chi connectivity index (χ4n) is 2.99. The Labute approximate surface area is 126 Å². The molecule has 0 aliphatic heterocycles. The van der Waals surface area contributed by atoms with Gasteiger partial charge in [-0.25, -0.2) is 0 Å². The summed E-state index contributed by atoms with van der Waals surface area (Å²) in [6.07, 6.45) is 6.30. The number of hydrogen-bond acceptors (Lipinski definition) is 3. The molecule has 0 radical (unpaired) electrons. The first-order chi connectivity index (χ1) is 10.3. The van der Waals surface area contributed by atoms with E-state index in [-0.39, 0.29) is 0 Å². The molecule has 1 aromatic carbocycles. The Morgan fingerprint density at radius 1 is 1.24 bits per heavy atom. The lowest BCUT2D eigenvalue weighted by molar-refractivity contribution is 0.411. The van der Waals surface area contributed by atoms with Gasteiger partial charge in [-0.05, 0) is 54.7 Å². The molecular weight excluding hydrogens is 260 g/mol. The average Bonchev–Trinajstić information content (AvgIpc) is 2.55. The number of methoxy groups -OCH3 is 1. The molecule has 1 aromatic heterocycles. The second-order valence-electron chi connectivity index (χ2n) is 5.60. The summed E-state index contributed by atoms with van der Waals surface area (Å²) in [5.41, 5.74) is 4.05. The Morgan fingerprint density at radius 3 is 3.00 bits per heavy atom. The quantitative estimate of drug-likeness (QED) is 0.915. The second kappa shape index (κ2) is 6.72. The van der Waals surface area contributed by atoms with Crippen LogP contribution in [0.3, 0.4) is 0 Å². The highest BCUT2D eigenvalue weighted by atomic mass is 16.5. The van der Waals surface area contributed by atoms with Gasteiger partial charge in [0.15, 0.2) is 0 Å². The lowest BCUT2D eigenvalue weighted by Gasteiger charge is -2.26. The van der Waals surface area contributed by atoms with Gasteiger partial charge >= 0.3 is 0 Å².